The number of anilines is 1. The summed E-state index contributed by atoms with van der Waals surface area (Å²) >= 11 is 0. The van der Waals surface area contributed by atoms with Crippen LogP contribution in [0.4, 0.5) is 10.2 Å². The van der Waals surface area contributed by atoms with Gasteiger partial charge in [-0.1, -0.05) is 0 Å². The van der Waals surface area contributed by atoms with Crippen molar-refractivity contribution in [1.29, 1.82) is 0 Å². The molecule has 28 heavy (non-hydrogen) atoms. The number of aromatic nitrogens is 3. The van der Waals surface area contributed by atoms with Gasteiger partial charge in [0.15, 0.2) is 5.82 Å². The molecule has 0 atom stereocenters. The van der Waals surface area contributed by atoms with Crippen molar-refractivity contribution in [3.63, 3.8) is 0 Å². The summed E-state index contributed by atoms with van der Waals surface area (Å²) in [5.74, 6) is 2.18. The summed E-state index contributed by atoms with van der Waals surface area (Å²) in [6, 6.07) is 10.1. The highest BCUT2D eigenvalue weighted by Crippen LogP contribution is 2.28. The first-order chi connectivity index (χ1) is 13.6. The predicted octanol–water partition coefficient (Wildman–Crippen LogP) is 4.34. The molecule has 0 radical (unpaired) electrons. The Morgan fingerprint density at radius 3 is 2.32 bits per heavy atom. The standard InChI is InChI=1S/C22H23FN4O/c1-15-16(2)25-21(17-7-11-24-12-8-17)26-22(15)27-13-9-20(10-14-27)28-19-5-3-18(23)4-6-19/h3-8,11-12,20H,9-10,13-14H2,1-2H3. The molecule has 4 rings (SSSR count). The van der Waals surface area contributed by atoms with E-state index in [1.165, 1.54) is 12.1 Å². The topological polar surface area (TPSA) is 51.1 Å². The number of rotatable bonds is 4. The zero-order chi connectivity index (χ0) is 19.5. The highest BCUT2D eigenvalue weighted by Gasteiger charge is 2.24. The lowest BCUT2D eigenvalue weighted by Crippen LogP contribution is -2.39. The Morgan fingerprint density at radius 1 is 0.964 bits per heavy atom. The lowest BCUT2D eigenvalue weighted by atomic mass is 10.1. The van der Waals surface area contributed by atoms with Crippen LogP contribution >= 0.6 is 0 Å². The van der Waals surface area contributed by atoms with E-state index in [2.05, 4.69) is 21.8 Å². The fraction of sp³-hybridized carbons (Fsp3) is 0.318. The number of benzene rings is 1. The fourth-order valence-electron chi connectivity index (χ4n) is 3.44. The zero-order valence-corrected chi connectivity index (χ0v) is 16.1. The van der Waals surface area contributed by atoms with Gasteiger partial charge in [-0.15, -0.1) is 0 Å². The van der Waals surface area contributed by atoms with E-state index >= 15 is 0 Å². The summed E-state index contributed by atoms with van der Waals surface area (Å²) in [5.41, 5.74) is 3.06. The van der Waals surface area contributed by atoms with Crippen molar-refractivity contribution in [2.75, 3.05) is 18.0 Å². The first kappa shape index (κ1) is 18.3. The van der Waals surface area contributed by atoms with Gasteiger partial charge in [-0.2, -0.15) is 0 Å². The van der Waals surface area contributed by atoms with Crippen LogP contribution in [0.25, 0.3) is 11.4 Å². The molecule has 3 aromatic rings. The van der Waals surface area contributed by atoms with Crippen LogP contribution in [-0.4, -0.2) is 34.1 Å². The van der Waals surface area contributed by atoms with Gasteiger partial charge in [-0.3, -0.25) is 4.98 Å². The largest absolute Gasteiger partial charge is 0.490 e. The molecular formula is C22H23FN4O. The molecule has 1 fully saturated rings. The van der Waals surface area contributed by atoms with Crippen molar-refractivity contribution in [3.05, 3.63) is 65.9 Å². The number of piperidine rings is 1. The van der Waals surface area contributed by atoms with Gasteiger partial charge in [0, 0.05) is 55.1 Å². The Kier molecular flexibility index (Phi) is 5.19. The van der Waals surface area contributed by atoms with Crippen molar-refractivity contribution in [3.8, 4) is 17.1 Å². The van der Waals surface area contributed by atoms with E-state index in [4.69, 9.17) is 9.72 Å². The Hall–Kier alpha value is -3.02. The Balaban J connectivity index is 1.48. The van der Waals surface area contributed by atoms with E-state index in [0.29, 0.717) is 5.75 Å². The third-order valence-corrected chi connectivity index (χ3v) is 5.16. The quantitative estimate of drug-likeness (QED) is 0.676. The van der Waals surface area contributed by atoms with Crippen molar-refractivity contribution in [2.45, 2.75) is 32.8 Å². The summed E-state index contributed by atoms with van der Waals surface area (Å²) in [7, 11) is 0. The molecule has 1 saturated heterocycles. The summed E-state index contributed by atoms with van der Waals surface area (Å²) in [6.45, 7) is 5.82. The second kappa shape index (κ2) is 7.92. The van der Waals surface area contributed by atoms with Gasteiger partial charge in [0.05, 0.1) is 0 Å². The molecule has 1 aromatic carbocycles. The molecule has 0 saturated carbocycles. The number of aryl methyl sites for hydroxylation is 1. The molecule has 0 bridgehead atoms. The normalized spacial score (nSPS) is 14.9. The second-order valence-corrected chi connectivity index (χ2v) is 7.08. The van der Waals surface area contributed by atoms with Gasteiger partial charge < -0.3 is 9.64 Å². The SMILES string of the molecule is Cc1nc(-c2ccncc2)nc(N2CCC(Oc3ccc(F)cc3)CC2)c1C. The first-order valence-corrected chi connectivity index (χ1v) is 9.53. The van der Waals surface area contributed by atoms with Gasteiger partial charge >= 0.3 is 0 Å². The second-order valence-electron chi connectivity index (χ2n) is 7.08. The van der Waals surface area contributed by atoms with E-state index in [1.807, 2.05) is 19.1 Å². The fourth-order valence-corrected chi connectivity index (χ4v) is 3.44. The Labute approximate surface area is 164 Å². The van der Waals surface area contributed by atoms with Crippen LogP contribution < -0.4 is 9.64 Å². The predicted molar refractivity (Wildman–Crippen MR) is 107 cm³/mol. The summed E-state index contributed by atoms with van der Waals surface area (Å²) in [5, 5.41) is 0. The van der Waals surface area contributed by atoms with E-state index < -0.39 is 0 Å². The van der Waals surface area contributed by atoms with Crippen LogP contribution in [0.1, 0.15) is 24.1 Å². The molecule has 2 aromatic heterocycles. The third-order valence-electron chi connectivity index (χ3n) is 5.16. The maximum Gasteiger partial charge on any atom is 0.161 e. The minimum Gasteiger partial charge on any atom is -0.490 e. The van der Waals surface area contributed by atoms with Crippen LogP contribution in [-0.2, 0) is 0 Å². The molecule has 6 heteroatoms. The molecule has 5 nitrogen and oxygen atoms in total. The number of hydrogen-bond donors (Lipinski definition) is 0. The molecule has 0 aliphatic carbocycles. The highest BCUT2D eigenvalue weighted by molar-refractivity contribution is 5.60. The third kappa shape index (κ3) is 3.96. The maximum absolute atomic E-state index is 13.1. The average molecular weight is 378 g/mol. The van der Waals surface area contributed by atoms with Crippen LogP contribution in [0, 0.1) is 19.7 Å². The Morgan fingerprint density at radius 2 is 1.64 bits per heavy atom. The number of ether oxygens (including phenoxy) is 1. The molecule has 3 heterocycles. The van der Waals surface area contributed by atoms with Crippen molar-refractivity contribution in [2.24, 2.45) is 0 Å². The lowest BCUT2D eigenvalue weighted by molar-refractivity contribution is 0.170. The van der Waals surface area contributed by atoms with Gasteiger partial charge in [-0.25, -0.2) is 14.4 Å². The van der Waals surface area contributed by atoms with Crippen molar-refractivity contribution in [1.82, 2.24) is 15.0 Å². The van der Waals surface area contributed by atoms with E-state index in [1.54, 1.807) is 24.5 Å². The number of pyridine rings is 1. The summed E-state index contributed by atoms with van der Waals surface area (Å²) < 4.78 is 19.1. The lowest BCUT2D eigenvalue weighted by Gasteiger charge is -2.34. The van der Waals surface area contributed by atoms with Crippen LogP contribution in [0.3, 0.4) is 0 Å². The van der Waals surface area contributed by atoms with E-state index in [-0.39, 0.29) is 11.9 Å². The minimum absolute atomic E-state index is 0.129. The van der Waals surface area contributed by atoms with E-state index in [9.17, 15) is 4.39 Å². The van der Waals surface area contributed by atoms with E-state index in [0.717, 1.165) is 54.4 Å². The van der Waals surface area contributed by atoms with Crippen molar-refractivity contribution >= 4 is 5.82 Å². The van der Waals surface area contributed by atoms with Gasteiger partial charge in [0.25, 0.3) is 0 Å². The minimum atomic E-state index is -0.248. The molecule has 0 unspecified atom stereocenters. The molecule has 0 N–H and O–H groups in total. The number of halogens is 1. The zero-order valence-electron chi connectivity index (χ0n) is 16.1. The number of hydrogen-bond acceptors (Lipinski definition) is 5. The number of nitrogens with zero attached hydrogens (tertiary/aromatic N) is 4. The molecule has 0 amide bonds. The van der Waals surface area contributed by atoms with Gasteiger partial charge in [0.2, 0.25) is 0 Å². The van der Waals surface area contributed by atoms with Gasteiger partial charge in [0.1, 0.15) is 23.5 Å². The van der Waals surface area contributed by atoms with Crippen molar-refractivity contribution < 1.29 is 9.13 Å². The molecular weight excluding hydrogens is 355 g/mol. The molecule has 144 valence electrons. The maximum atomic E-state index is 13.1. The average Bonchev–Trinajstić information content (AvgIpc) is 2.73. The van der Waals surface area contributed by atoms with Crippen LogP contribution in [0.2, 0.25) is 0 Å². The molecule has 0 spiro atoms. The van der Waals surface area contributed by atoms with Gasteiger partial charge in [-0.05, 0) is 50.2 Å². The smallest absolute Gasteiger partial charge is 0.161 e. The summed E-state index contributed by atoms with van der Waals surface area (Å²) in [6.07, 6.45) is 5.43. The Bertz CT molecular complexity index is 939. The first-order valence-electron chi connectivity index (χ1n) is 9.53. The monoisotopic (exact) mass is 378 g/mol. The van der Waals surface area contributed by atoms with Crippen LogP contribution in [0.15, 0.2) is 48.8 Å². The summed E-state index contributed by atoms with van der Waals surface area (Å²) in [4.78, 5) is 15.9. The molecule has 1 aliphatic rings. The molecule has 1 aliphatic heterocycles. The highest BCUT2D eigenvalue weighted by atomic mass is 19.1. The van der Waals surface area contributed by atoms with Crippen LogP contribution in [0.5, 0.6) is 5.75 Å².